The third-order valence-electron chi connectivity index (χ3n) is 4.87. The minimum Gasteiger partial charge on any atom is -0.444 e. The summed E-state index contributed by atoms with van der Waals surface area (Å²) >= 11 is 0. The van der Waals surface area contributed by atoms with Gasteiger partial charge >= 0.3 is 6.09 Å². The van der Waals surface area contributed by atoms with E-state index in [9.17, 15) is 9.59 Å². The minimum atomic E-state index is -0.586. The van der Waals surface area contributed by atoms with Crippen molar-refractivity contribution in [2.24, 2.45) is 0 Å². The molecule has 2 N–H and O–H groups in total. The number of carbonyl (C=O) groups excluding carboxylic acids is 1. The molecule has 0 radical (unpaired) electrons. The Balaban J connectivity index is 2.08. The van der Waals surface area contributed by atoms with Crippen LogP contribution in [0.3, 0.4) is 0 Å². The number of likely N-dealkylation sites (tertiary alicyclic amines) is 1. The highest BCUT2D eigenvalue weighted by Crippen LogP contribution is 2.27. The SMILES string of the molecule is C=CC(=C)c1cc2c(N)ncnc2n(C2CCCN(C(=O)OC(C)(C)C)C2)c1=O. The quantitative estimate of drug-likeness (QED) is 0.798. The van der Waals surface area contributed by atoms with Gasteiger partial charge in [0.05, 0.1) is 11.4 Å². The Morgan fingerprint density at radius 3 is 2.76 bits per heavy atom. The van der Waals surface area contributed by atoms with Crippen LogP contribution in [0.1, 0.15) is 45.2 Å². The van der Waals surface area contributed by atoms with Gasteiger partial charge in [-0.1, -0.05) is 19.2 Å². The topological polar surface area (TPSA) is 103 Å². The summed E-state index contributed by atoms with van der Waals surface area (Å²) in [6.45, 7) is 14.0. The smallest absolute Gasteiger partial charge is 0.410 e. The van der Waals surface area contributed by atoms with Crippen molar-refractivity contribution in [3.05, 3.63) is 47.5 Å². The van der Waals surface area contributed by atoms with Gasteiger partial charge in [0, 0.05) is 18.7 Å². The first-order valence-corrected chi connectivity index (χ1v) is 9.57. The summed E-state index contributed by atoms with van der Waals surface area (Å²) in [6, 6.07) is 1.39. The molecular weight excluding hydrogens is 370 g/mol. The van der Waals surface area contributed by atoms with Crippen LogP contribution in [0.25, 0.3) is 16.6 Å². The van der Waals surface area contributed by atoms with Crippen LogP contribution in [-0.2, 0) is 4.74 Å². The molecule has 3 rings (SSSR count). The molecule has 29 heavy (non-hydrogen) atoms. The minimum absolute atomic E-state index is 0.239. The number of nitrogens with two attached hydrogens (primary N) is 1. The van der Waals surface area contributed by atoms with E-state index in [0.717, 1.165) is 12.8 Å². The summed E-state index contributed by atoms with van der Waals surface area (Å²) in [6.07, 6.45) is 3.94. The first kappa shape index (κ1) is 20.6. The Kier molecular flexibility index (Phi) is 5.46. The molecule has 0 aliphatic carbocycles. The highest BCUT2D eigenvalue weighted by Gasteiger charge is 2.30. The van der Waals surface area contributed by atoms with Crippen molar-refractivity contribution < 1.29 is 9.53 Å². The Labute approximate surface area is 169 Å². The first-order valence-electron chi connectivity index (χ1n) is 9.57. The van der Waals surface area contributed by atoms with Gasteiger partial charge in [-0.05, 0) is 45.3 Å². The molecule has 0 spiro atoms. The van der Waals surface area contributed by atoms with E-state index in [2.05, 4.69) is 23.1 Å². The second-order valence-electron chi connectivity index (χ2n) is 8.18. The van der Waals surface area contributed by atoms with E-state index in [1.165, 1.54) is 12.4 Å². The number of rotatable bonds is 3. The average Bonchev–Trinajstić information content (AvgIpc) is 2.66. The monoisotopic (exact) mass is 397 g/mol. The van der Waals surface area contributed by atoms with Crippen LogP contribution in [0.5, 0.6) is 0 Å². The lowest BCUT2D eigenvalue weighted by Gasteiger charge is -2.35. The second-order valence-corrected chi connectivity index (χ2v) is 8.18. The number of nitrogens with zero attached hydrogens (tertiary/aromatic N) is 4. The van der Waals surface area contributed by atoms with Crippen LogP contribution in [0.4, 0.5) is 10.6 Å². The second kappa shape index (κ2) is 7.69. The Morgan fingerprint density at radius 2 is 2.10 bits per heavy atom. The van der Waals surface area contributed by atoms with Crippen LogP contribution < -0.4 is 11.3 Å². The van der Waals surface area contributed by atoms with E-state index in [0.29, 0.717) is 35.3 Å². The molecule has 3 heterocycles. The molecule has 1 aliphatic rings. The number of nitrogen functional groups attached to an aromatic ring is 1. The lowest BCUT2D eigenvalue weighted by molar-refractivity contribution is 0.0173. The maximum Gasteiger partial charge on any atom is 0.410 e. The predicted molar refractivity (Wildman–Crippen MR) is 114 cm³/mol. The van der Waals surface area contributed by atoms with Gasteiger partial charge in [0.15, 0.2) is 0 Å². The lowest BCUT2D eigenvalue weighted by atomic mass is 10.0. The third kappa shape index (κ3) is 4.16. The van der Waals surface area contributed by atoms with Crippen LogP contribution >= 0.6 is 0 Å². The van der Waals surface area contributed by atoms with Crippen molar-refractivity contribution in [1.29, 1.82) is 0 Å². The molecule has 1 amide bonds. The Bertz CT molecular complexity index is 1040. The van der Waals surface area contributed by atoms with Crippen LogP contribution in [0.15, 0.2) is 36.4 Å². The summed E-state index contributed by atoms with van der Waals surface area (Å²) in [5, 5.41) is 0.569. The van der Waals surface area contributed by atoms with Gasteiger partial charge in [-0.25, -0.2) is 14.8 Å². The largest absolute Gasteiger partial charge is 0.444 e. The number of ether oxygens (including phenoxy) is 1. The predicted octanol–water partition coefficient (Wildman–Crippen LogP) is 3.14. The first-order chi connectivity index (χ1) is 13.6. The van der Waals surface area contributed by atoms with Crippen molar-refractivity contribution in [3.8, 4) is 0 Å². The Hall–Kier alpha value is -3.16. The maximum absolute atomic E-state index is 13.3. The maximum atomic E-state index is 13.3. The third-order valence-corrected chi connectivity index (χ3v) is 4.87. The van der Waals surface area contributed by atoms with E-state index in [4.69, 9.17) is 10.5 Å². The average molecular weight is 397 g/mol. The number of anilines is 1. The zero-order valence-electron chi connectivity index (χ0n) is 17.1. The van der Waals surface area contributed by atoms with E-state index in [1.807, 2.05) is 20.8 Å². The van der Waals surface area contributed by atoms with Crippen molar-refractivity contribution in [3.63, 3.8) is 0 Å². The van der Waals surface area contributed by atoms with Crippen molar-refractivity contribution in [2.45, 2.75) is 45.3 Å². The molecule has 2 aromatic rings. The molecule has 2 aromatic heterocycles. The molecule has 1 saturated heterocycles. The fourth-order valence-electron chi connectivity index (χ4n) is 3.50. The molecule has 1 aliphatic heterocycles. The van der Waals surface area contributed by atoms with Crippen LogP contribution in [0, 0.1) is 0 Å². The molecule has 1 unspecified atom stereocenters. The molecule has 1 atom stereocenters. The fraction of sp³-hybridized carbons (Fsp3) is 0.429. The number of piperidine rings is 1. The van der Waals surface area contributed by atoms with Crippen LogP contribution in [0.2, 0.25) is 0 Å². The summed E-state index contributed by atoms with van der Waals surface area (Å²) in [5.74, 6) is 0.279. The van der Waals surface area contributed by atoms with Gasteiger partial charge in [-0.3, -0.25) is 9.36 Å². The highest BCUT2D eigenvalue weighted by atomic mass is 16.6. The van der Waals surface area contributed by atoms with E-state index in [1.54, 1.807) is 15.5 Å². The zero-order chi connectivity index (χ0) is 21.3. The molecule has 8 heteroatoms. The van der Waals surface area contributed by atoms with Gasteiger partial charge < -0.3 is 15.4 Å². The fourth-order valence-corrected chi connectivity index (χ4v) is 3.50. The van der Waals surface area contributed by atoms with E-state index in [-0.39, 0.29) is 23.5 Å². The number of hydrogen-bond acceptors (Lipinski definition) is 6. The number of fused-ring (bicyclic) bond motifs is 1. The lowest BCUT2D eigenvalue weighted by Crippen LogP contribution is -2.45. The number of pyridine rings is 1. The normalized spacial score (nSPS) is 17.2. The van der Waals surface area contributed by atoms with Gasteiger partial charge in [0.2, 0.25) is 0 Å². The number of hydrogen-bond donors (Lipinski definition) is 1. The summed E-state index contributed by atoms with van der Waals surface area (Å²) in [7, 11) is 0. The van der Waals surface area contributed by atoms with Gasteiger partial charge in [-0.2, -0.15) is 0 Å². The van der Waals surface area contributed by atoms with Crippen molar-refractivity contribution >= 4 is 28.5 Å². The Morgan fingerprint density at radius 1 is 1.38 bits per heavy atom. The standard InChI is InChI=1S/C21H27N5O3/c1-6-13(2)15-10-16-17(22)23-12-24-18(16)26(19(15)27)14-8-7-9-25(11-14)20(28)29-21(3,4)5/h6,10,12,14H,1-2,7-9,11H2,3-5H3,(H2,22,23,24). The molecule has 0 bridgehead atoms. The molecule has 0 saturated carbocycles. The van der Waals surface area contributed by atoms with Gasteiger partial charge in [0.25, 0.3) is 5.56 Å². The summed E-state index contributed by atoms with van der Waals surface area (Å²) in [5.41, 5.74) is 6.56. The number of carbonyl (C=O) groups is 1. The molecule has 1 fully saturated rings. The molecule has 8 nitrogen and oxygen atoms in total. The van der Waals surface area contributed by atoms with Gasteiger partial charge in [-0.15, -0.1) is 0 Å². The molecule has 0 aromatic carbocycles. The zero-order valence-corrected chi connectivity index (χ0v) is 17.1. The number of amides is 1. The van der Waals surface area contributed by atoms with Crippen molar-refractivity contribution in [2.75, 3.05) is 18.8 Å². The summed E-state index contributed by atoms with van der Waals surface area (Å²) in [4.78, 5) is 35.9. The van der Waals surface area contributed by atoms with E-state index >= 15 is 0 Å². The number of aromatic nitrogens is 3. The van der Waals surface area contributed by atoms with Gasteiger partial charge in [0.1, 0.15) is 23.4 Å². The molecular formula is C21H27N5O3. The van der Waals surface area contributed by atoms with Crippen molar-refractivity contribution in [1.82, 2.24) is 19.4 Å². The molecule has 154 valence electrons. The van der Waals surface area contributed by atoms with Crippen LogP contribution in [-0.4, -0.2) is 44.2 Å². The summed E-state index contributed by atoms with van der Waals surface area (Å²) < 4.78 is 7.11. The highest BCUT2D eigenvalue weighted by molar-refractivity contribution is 5.89. The number of allylic oxidation sites excluding steroid dienone is 2. The van der Waals surface area contributed by atoms with E-state index < -0.39 is 5.60 Å².